The maximum Gasteiger partial charge on any atom is 0.140 e. The largest absolute Gasteiger partial charge is 0.299 e. The first-order valence-corrected chi connectivity index (χ1v) is 6.29. The third-order valence-electron chi connectivity index (χ3n) is 4.61. The van der Waals surface area contributed by atoms with Crippen LogP contribution in [-0.2, 0) is 4.79 Å². The summed E-state index contributed by atoms with van der Waals surface area (Å²) in [4.78, 5) is 12.1. The van der Waals surface area contributed by atoms with Crippen molar-refractivity contribution in [2.45, 2.75) is 46.5 Å². The molecule has 0 amide bonds. The Kier molecular flexibility index (Phi) is 2.81. The summed E-state index contributed by atoms with van der Waals surface area (Å²) in [5.41, 5.74) is 2.76. The Hall–Kier alpha value is -0.850. The van der Waals surface area contributed by atoms with Gasteiger partial charge in [0.05, 0.1) is 0 Å². The summed E-state index contributed by atoms with van der Waals surface area (Å²) in [7, 11) is 0. The van der Waals surface area contributed by atoms with Crippen molar-refractivity contribution in [3.8, 4) is 0 Å². The molecule has 0 radical (unpaired) electrons. The summed E-state index contributed by atoms with van der Waals surface area (Å²) in [6, 6.07) is 0. The molecule has 1 saturated carbocycles. The van der Waals surface area contributed by atoms with Crippen LogP contribution >= 0.6 is 0 Å². The average molecular weight is 218 g/mol. The lowest BCUT2D eigenvalue weighted by molar-refractivity contribution is -0.129. The van der Waals surface area contributed by atoms with Crippen molar-refractivity contribution < 1.29 is 4.79 Å². The molecular weight excluding hydrogens is 196 g/mol. The summed E-state index contributed by atoms with van der Waals surface area (Å²) in [6.07, 6.45) is 6.42. The van der Waals surface area contributed by atoms with Gasteiger partial charge >= 0.3 is 0 Å². The molecule has 1 nitrogen and oxygen atoms in total. The molecular formula is C15H22O. The first kappa shape index (κ1) is 11.6. The zero-order valence-corrected chi connectivity index (χ0v) is 10.7. The zero-order valence-electron chi connectivity index (χ0n) is 10.7. The molecule has 0 aliphatic heterocycles. The Morgan fingerprint density at radius 2 is 2.25 bits per heavy atom. The molecule has 1 heteroatoms. The molecule has 0 bridgehead atoms. The highest BCUT2D eigenvalue weighted by atomic mass is 16.1. The van der Waals surface area contributed by atoms with Crippen LogP contribution in [0.3, 0.4) is 0 Å². The molecule has 1 fully saturated rings. The lowest BCUT2D eigenvalue weighted by Crippen LogP contribution is -2.42. The van der Waals surface area contributed by atoms with Crippen molar-refractivity contribution in [1.29, 1.82) is 0 Å². The minimum absolute atomic E-state index is 0.111. The maximum atomic E-state index is 12.1. The van der Waals surface area contributed by atoms with Gasteiger partial charge in [-0.05, 0) is 44.4 Å². The van der Waals surface area contributed by atoms with Gasteiger partial charge in [-0.2, -0.15) is 0 Å². The molecule has 2 rings (SSSR count). The zero-order chi connectivity index (χ0) is 11.9. The van der Waals surface area contributed by atoms with Crippen LogP contribution in [0.2, 0.25) is 0 Å². The van der Waals surface area contributed by atoms with Crippen LogP contribution in [0.4, 0.5) is 0 Å². The topological polar surface area (TPSA) is 17.1 Å². The van der Waals surface area contributed by atoms with Crippen molar-refractivity contribution in [3.05, 3.63) is 23.8 Å². The Morgan fingerprint density at radius 1 is 1.56 bits per heavy atom. The van der Waals surface area contributed by atoms with Crippen molar-refractivity contribution >= 4 is 5.78 Å². The van der Waals surface area contributed by atoms with E-state index >= 15 is 0 Å². The first-order valence-electron chi connectivity index (χ1n) is 6.29. The fourth-order valence-corrected chi connectivity index (χ4v) is 3.54. The number of carbonyl (C=O) groups is 1. The summed E-state index contributed by atoms with van der Waals surface area (Å²) in [6.45, 7) is 10.5. The molecule has 0 unspecified atom stereocenters. The summed E-state index contributed by atoms with van der Waals surface area (Å²) < 4.78 is 0. The summed E-state index contributed by atoms with van der Waals surface area (Å²) in [5, 5.41) is 0. The van der Waals surface area contributed by atoms with E-state index < -0.39 is 0 Å². The highest BCUT2D eigenvalue weighted by Crippen LogP contribution is 2.51. The number of ketones is 1. The van der Waals surface area contributed by atoms with Gasteiger partial charge in [-0.25, -0.2) is 0 Å². The van der Waals surface area contributed by atoms with E-state index in [1.807, 2.05) is 6.92 Å². The monoisotopic (exact) mass is 218 g/mol. The molecule has 2 aliphatic carbocycles. The van der Waals surface area contributed by atoms with E-state index in [9.17, 15) is 4.79 Å². The van der Waals surface area contributed by atoms with Gasteiger partial charge in [-0.1, -0.05) is 30.7 Å². The first-order chi connectivity index (χ1) is 7.44. The number of allylic oxidation sites excluding steroid dienone is 3. The van der Waals surface area contributed by atoms with E-state index in [1.165, 1.54) is 12.0 Å². The number of rotatable bonds is 1. The normalized spacial score (nSPS) is 38.9. The van der Waals surface area contributed by atoms with Gasteiger partial charge < -0.3 is 0 Å². The van der Waals surface area contributed by atoms with E-state index in [1.54, 1.807) is 0 Å². The number of fused-ring (bicyclic) bond motifs is 1. The van der Waals surface area contributed by atoms with E-state index in [-0.39, 0.29) is 11.3 Å². The lowest BCUT2D eigenvalue weighted by Gasteiger charge is -2.46. The smallest absolute Gasteiger partial charge is 0.140 e. The molecule has 16 heavy (non-hydrogen) atoms. The van der Waals surface area contributed by atoms with E-state index in [4.69, 9.17) is 0 Å². The Morgan fingerprint density at radius 3 is 2.88 bits per heavy atom. The van der Waals surface area contributed by atoms with Crippen molar-refractivity contribution in [1.82, 2.24) is 0 Å². The quantitative estimate of drug-likeness (QED) is 0.610. The van der Waals surface area contributed by atoms with Crippen LogP contribution in [0.5, 0.6) is 0 Å². The van der Waals surface area contributed by atoms with Crippen LogP contribution in [-0.4, -0.2) is 5.78 Å². The summed E-state index contributed by atoms with van der Waals surface area (Å²) >= 11 is 0. The number of Topliss-reactive ketones (excluding diaryl/α,β-unsaturated/α-hetero) is 1. The molecule has 0 saturated heterocycles. The van der Waals surface area contributed by atoms with E-state index in [0.717, 1.165) is 24.8 Å². The van der Waals surface area contributed by atoms with Crippen LogP contribution in [0, 0.1) is 17.3 Å². The van der Waals surface area contributed by atoms with E-state index in [0.29, 0.717) is 11.7 Å². The minimum Gasteiger partial charge on any atom is -0.299 e. The SMILES string of the molecule is C=C(C)[C@H]1C[C@H]2C(C)=CCC[C@]2(C)CC1=O. The van der Waals surface area contributed by atoms with Crippen molar-refractivity contribution in [2.75, 3.05) is 0 Å². The lowest BCUT2D eigenvalue weighted by atomic mass is 9.57. The van der Waals surface area contributed by atoms with Gasteiger partial charge in [-0.3, -0.25) is 4.79 Å². The van der Waals surface area contributed by atoms with Gasteiger partial charge in [0.15, 0.2) is 0 Å². The average Bonchev–Trinajstić information content (AvgIpc) is 2.15. The van der Waals surface area contributed by atoms with Gasteiger partial charge in [0, 0.05) is 12.3 Å². The number of hydrogen-bond acceptors (Lipinski definition) is 1. The Balaban J connectivity index is 2.29. The molecule has 0 aromatic rings. The highest BCUT2D eigenvalue weighted by molar-refractivity contribution is 5.85. The minimum atomic E-state index is 0.111. The second-order valence-corrected chi connectivity index (χ2v) is 5.97. The molecule has 2 aliphatic rings. The van der Waals surface area contributed by atoms with Crippen molar-refractivity contribution in [3.63, 3.8) is 0 Å². The second-order valence-electron chi connectivity index (χ2n) is 5.97. The van der Waals surface area contributed by atoms with Crippen molar-refractivity contribution in [2.24, 2.45) is 17.3 Å². The molecule has 0 aromatic heterocycles. The highest BCUT2D eigenvalue weighted by Gasteiger charge is 2.45. The second kappa shape index (κ2) is 3.87. The molecule has 3 atom stereocenters. The standard InChI is InChI=1S/C15H22O/c1-10(2)12-8-13-11(3)6-5-7-15(13,4)9-14(12)16/h6,12-13H,1,5,7-9H2,2-4H3/t12-,13+,15-/m1/s1. The number of hydrogen-bond donors (Lipinski definition) is 0. The molecule has 88 valence electrons. The van der Waals surface area contributed by atoms with E-state index in [2.05, 4.69) is 26.5 Å². The van der Waals surface area contributed by atoms with Gasteiger partial charge in [0.2, 0.25) is 0 Å². The van der Waals surface area contributed by atoms with Crippen LogP contribution in [0.15, 0.2) is 23.8 Å². The van der Waals surface area contributed by atoms with Crippen LogP contribution in [0.1, 0.15) is 46.5 Å². The fraction of sp³-hybridized carbons (Fsp3) is 0.667. The molecule has 0 heterocycles. The predicted molar refractivity (Wildman–Crippen MR) is 67.1 cm³/mol. The predicted octanol–water partition coefficient (Wildman–Crippen LogP) is 3.90. The third kappa shape index (κ3) is 1.77. The van der Waals surface area contributed by atoms with Crippen LogP contribution in [0.25, 0.3) is 0 Å². The molecule has 0 N–H and O–H groups in total. The van der Waals surface area contributed by atoms with Gasteiger partial charge in [-0.15, -0.1) is 0 Å². The molecule has 0 aromatic carbocycles. The fourth-order valence-electron chi connectivity index (χ4n) is 3.54. The summed E-state index contributed by atoms with van der Waals surface area (Å²) in [5.74, 6) is 1.13. The molecule has 0 spiro atoms. The van der Waals surface area contributed by atoms with Gasteiger partial charge in [0.1, 0.15) is 5.78 Å². The van der Waals surface area contributed by atoms with Gasteiger partial charge in [0.25, 0.3) is 0 Å². The Labute approximate surface area is 98.6 Å². The van der Waals surface area contributed by atoms with Crippen LogP contribution < -0.4 is 0 Å². The number of carbonyl (C=O) groups excluding carboxylic acids is 1. The Bertz CT molecular complexity index is 364. The maximum absolute atomic E-state index is 12.1. The third-order valence-corrected chi connectivity index (χ3v) is 4.61.